The SMILES string of the molecule is CC(C)NC(=O)CS(=O)c1ccc(Cl)cc1N. The van der Waals surface area contributed by atoms with Crippen LogP contribution in [-0.4, -0.2) is 21.9 Å². The first kappa shape index (κ1) is 14.0. The largest absolute Gasteiger partial charge is 0.398 e. The van der Waals surface area contributed by atoms with E-state index in [4.69, 9.17) is 17.3 Å². The fraction of sp³-hybridized carbons (Fsp3) is 0.364. The summed E-state index contributed by atoms with van der Waals surface area (Å²) in [6, 6.07) is 4.74. The Bertz CT molecular complexity index is 449. The molecule has 6 heteroatoms. The van der Waals surface area contributed by atoms with E-state index in [0.29, 0.717) is 15.6 Å². The highest BCUT2D eigenvalue weighted by atomic mass is 35.5. The lowest BCUT2D eigenvalue weighted by Gasteiger charge is -2.09. The van der Waals surface area contributed by atoms with E-state index in [1.54, 1.807) is 12.1 Å². The van der Waals surface area contributed by atoms with Crippen molar-refractivity contribution in [1.82, 2.24) is 5.32 Å². The van der Waals surface area contributed by atoms with Crippen LogP contribution in [0.4, 0.5) is 5.69 Å². The molecule has 0 spiro atoms. The number of halogens is 1. The highest BCUT2D eigenvalue weighted by Gasteiger charge is 2.13. The third kappa shape index (κ3) is 4.36. The van der Waals surface area contributed by atoms with Crippen molar-refractivity contribution < 1.29 is 9.00 Å². The van der Waals surface area contributed by atoms with Gasteiger partial charge in [0.05, 0.1) is 15.7 Å². The van der Waals surface area contributed by atoms with Gasteiger partial charge in [-0.1, -0.05) is 11.6 Å². The molecule has 1 aromatic carbocycles. The zero-order valence-electron chi connectivity index (χ0n) is 9.70. The molecule has 0 heterocycles. The predicted molar refractivity (Wildman–Crippen MR) is 70.4 cm³/mol. The van der Waals surface area contributed by atoms with Crippen molar-refractivity contribution in [2.45, 2.75) is 24.8 Å². The Morgan fingerprint density at radius 2 is 2.18 bits per heavy atom. The van der Waals surface area contributed by atoms with Crippen LogP contribution in [0.1, 0.15) is 13.8 Å². The molecule has 0 radical (unpaired) electrons. The van der Waals surface area contributed by atoms with E-state index >= 15 is 0 Å². The highest BCUT2D eigenvalue weighted by Crippen LogP contribution is 2.21. The molecular weight excluding hydrogens is 260 g/mol. The highest BCUT2D eigenvalue weighted by molar-refractivity contribution is 7.86. The summed E-state index contributed by atoms with van der Waals surface area (Å²) in [5.41, 5.74) is 6.03. The number of carbonyl (C=O) groups is 1. The maximum Gasteiger partial charge on any atom is 0.233 e. The molecule has 0 fully saturated rings. The number of carbonyl (C=O) groups excluding carboxylic acids is 1. The van der Waals surface area contributed by atoms with Crippen LogP contribution < -0.4 is 11.1 Å². The summed E-state index contributed by atoms with van der Waals surface area (Å²) in [5, 5.41) is 3.16. The van der Waals surface area contributed by atoms with Gasteiger partial charge in [-0.25, -0.2) is 0 Å². The van der Waals surface area contributed by atoms with E-state index < -0.39 is 10.8 Å². The summed E-state index contributed by atoms with van der Waals surface area (Å²) < 4.78 is 11.9. The molecule has 1 unspecified atom stereocenters. The van der Waals surface area contributed by atoms with E-state index in [9.17, 15) is 9.00 Å². The second kappa shape index (κ2) is 6.02. The lowest BCUT2D eigenvalue weighted by atomic mass is 10.3. The zero-order valence-corrected chi connectivity index (χ0v) is 11.3. The van der Waals surface area contributed by atoms with E-state index in [2.05, 4.69) is 5.32 Å². The van der Waals surface area contributed by atoms with Gasteiger partial charge in [0, 0.05) is 16.8 Å². The normalized spacial score (nSPS) is 12.5. The Labute approximate surface area is 108 Å². The smallest absolute Gasteiger partial charge is 0.233 e. The minimum atomic E-state index is -1.45. The number of amides is 1. The van der Waals surface area contributed by atoms with Gasteiger partial charge in [-0.3, -0.25) is 9.00 Å². The third-order valence-electron chi connectivity index (χ3n) is 1.93. The summed E-state index contributed by atoms with van der Waals surface area (Å²) in [6.45, 7) is 3.69. The fourth-order valence-corrected chi connectivity index (χ4v) is 2.49. The van der Waals surface area contributed by atoms with Crippen LogP contribution in [-0.2, 0) is 15.6 Å². The van der Waals surface area contributed by atoms with Crippen molar-refractivity contribution in [1.29, 1.82) is 0 Å². The first-order valence-electron chi connectivity index (χ1n) is 5.13. The number of hydrogen-bond donors (Lipinski definition) is 2. The van der Waals surface area contributed by atoms with Gasteiger partial charge in [0.2, 0.25) is 5.91 Å². The van der Waals surface area contributed by atoms with Crippen LogP contribution in [0.15, 0.2) is 23.1 Å². The van der Waals surface area contributed by atoms with E-state index in [1.165, 1.54) is 6.07 Å². The first-order chi connectivity index (χ1) is 7.90. The van der Waals surface area contributed by atoms with E-state index in [0.717, 1.165) is 0 Å². The van der Waals surface area contributed by atoms with Crippen molar-refractivity contribution in [2.24, 2.45) is 0 Å². The molecule has 1 rings (SSSR count). The van der Waals surface area contributed by atoms with Gasteiger partial charge in [0.15, 0.2) is 0 Å². The van der Waals surface area contributed by atoms with Crippen LogP contribution >= 0.6 is 11.6 Å². The van der Waals surface area contributed by atoms with E-state index in [1.807, 2.05) is 13.8 Å². The molecule has 0 saturated carbocycles. The molecule has 0 bridgehead atoms. The van der Waals surface area contributed by atoms with Crippen LogP contribution in [0.3, 0.4) is 0 Å². The minimum absolute atomic E-state index is 0.0297. The molecule has 0 saturated heterocycles. The summed E-state index contributed by atoms with van der Waals surface area (Å²) in [6.07, 6.45) is 0. The molecule has 0 aromatic heterocycles. The number of hydrogen-bond acceptors (Lipinski definition) is 3. The number of nitrogen functional groups attached to an aromatic ring is 1. The average Bonchev–Trinajstić information content (AvgIpc) is 2.15. The van der Waals surface area contributed by atoms with Gasteiger partial charge < -0.3 is 11.1 Å². The van der Waals surface area contributed by atoms with Gasteiger partial charge in [-0.15, -0.1) is 0 Å². The van der Waals surface area contributed by atoms with Crippen molar-refractivity contribution in [3.8, 4) is 0 Å². The standard InChI is InChI=1S/C11H15ClN2O2S/c1-7(2)14-11(15)6-17(16)10-4-3-8(12)5-9(10)13/h3-5,7H,6,13H2,1-2H3,(H,14,15). The molecule has 0 aliphatic carbocycles. The number of benzene rings is 1. The van der Waals surface area contributed by atoms with Gasteiger partial charge in [-0.2, -0.15) is 0 Å². The maximum atomic E-state index is 11.9. The van der Waals surface area contributed by atoms with Crippen LogP contribution in [0.2, 0.25) is 5.02 Å². The number of nitrogens with one attached hydrogen (secondary N) is 1. The lowest BCUT2D eigenvalue weighted by molar-refractivity contribution is -0.119. The second-order valence-electron chi connectivity index (χ2n) is 3.89. The van der Waals surface area contributed by atoms with Crippen LogP contribution in [0.5, 0.6) is 0 Å². The molecule has 17 heavy (non-hydrogen) atoms. The fourth-order valence-electron chi connectivity index (χ4n) is 1.29. The zero-order chi connectivity index (χ0) is 13.0. The molecule has 0 aliphatic rings. The van der Waals surface area contributed by atoms with Gasteiger partial charge in [-0.05, 0) is 32.0 Å². The molecular formula is C11H15ClN2O2S. The minimum Gasteiger partial charge on any atom is -0.398 e. The predicted octanol–water partition coefficient (Wildman–Crippen LogP) is 1.55. The second-order valence-corrected chi connectivity index (χ2v) is 5.75. The lowest BCUT2D eigenvalue weighted by Crippen LogP contribution is -2.33. The molecule has 1 atom stereocenters. The number of rotatable bonds is 4. The number of anilines is 1. The Morgan fingerprint density at radius 1 is 1.53 bits per heavy atom. The summed E-state index contributed by atoms with van der Waals surface area (Å²) in [4.78, 5) is 11.9. The first-order valence-corrected chi connectivity index (χ1v) is 6.82. The van der Waals surface area contributed by atoms with Crippen molar-refractivity contribution in [3.05, 3.63) is 23.2 Å². The van der Waals surface area contributed by atoms with Crippen LogP contribution in [0.25, 0.3) is 0 Å². The topological polar surface area (TPSA) is 72.2 Å². The molecule has 94 valence electrons. The van der Waals surface area contributed by atoms with Gasteiger partial charge in [0.25, 0.3) is 0 Å². The Kier molecular flexibility index (Phi) is 4.96. The Morgan fingerprint density at radius 3 is 2.71 bits per heavy atom. The average molecular weight is 275 g/mol. The molecule has 1 aromatic rings. The molecule has 1 amide bonds. The summed E-state index contributed by atoms with van der Waals surface area (Å²) in [5.74, 6) is -0.350. The van der Waals surface area contributed by atoms with Gasteiger partial charge in [0.1, 0.15) is 5.75 Å². The summed E-state index contributed by atoms with van der Waals surface area (Å²) >= 11 is 5.74. The molecule has 3 N–H and O–H groups in total. The Hall–Kier alpha value is -1.07. The Balaban J connectivity index is 2.73. The molecule has 4 nitrogen and oxygen atoms in total. The molecule has 0 aliphatic heterocycles. The van der Waals surface area contributed by atoms with Crippen LogP contribution in [0, 0.1) is 0 Å². The number of nitrogens with two attached hydrogens (primary N) is 1. The maximum absolute atomic E-state index is 11.9. The van der Waals surface area contributed by atoms with Crippen molar-refractivity contribution in [3.63, 3.8) is 0 Å². The quantitative estimate of drug-likeness (QED) is 0.819. The van der Waals surface area contributed by atoms with E-state index in [-0.39, 0.29) is 17.7 Å². The van der Waals surface area contributed by atoms with Crippen molar-refractivity contribution >= 4 is 34.0 Å². The summed E-state index contributed by atoms with van der Waals surface area (Å²) in [7, 11) is -1.45. The third-order valence-corrected chi connectivity index (χ3v) is 3.55. The monoisotopic (exact) mass is 274 g/mol. The van der Waals surface area contributed by atoms with Gasteiger partial charge >= 0.3 is 0 Å². The van der Waals surface area contributed by atoms with Crippen molar-refractivity contribution in [2.75, 3.05) is 11.5 Å².